The number of nitrogen functional groups attached to an aromatic ring is 1. The lowest BCUT2D eigenvalue weighted by Gasteiger charge is -2.15. The van der Waals surface area contributed by atoms with Crippen molar-refractivity contribution in [2.45, 2.75) is 6.92 Å². The van der Waals surface area contributed by atoms with Crippen LogP contribution < -0.4 is 21.7 Å². The van der Waals surface area contributed by atoms with E-state index in [0.717, 1.165) is 0 Å². The minimum Gasteiger partial charge on any atom is -0.399 e. The molecule has 5 N–H and O–H groups in total. The molecule has 0 saturated carbocycles. The van der Waals surface area contributed by atoms with Gasteiger partial charge in [0.2, 0.25) is 0 Å². The number of hydrogen-bond donors (Lipinski definition) is 4. The van der Waals surface area contributed by atoms with Gasteiger partial charge in [-0.1, -0.05) is 0 Å². The maximum absolute atomic E-state index is 11.9. The molecular weight excluding hydrogens is 270 g/mol. The summed E-state index contributed by atoms with van der Waals surface area (Å²) in [6.45, 7) is 3.36. The average molecular weight is 293 g/mol. The number of nitrogens with one attached hydrogen (secondary N) is 3. The summed E-state index contributed by atoms with van der Waals surface area (Å²) >= 11 is 0. The van der Waals surface area contributed by atoms with Crippen LogP contribution in [-0.4, -0.2) is 50.6 Å². The fraction of sp³-hybridized carbons (Fsp3) is 0.429. The van der Waals surface area contributed by atoms with Crippen LogP contribution in [0, 0.1) is 0 Å². The highest BCUT2D eigenvalue weighted by molar-refractivity contribution is 6.00. The average Bonchev–Trinajstić information content (AvgIpc) is 2.43. The molecule has 0 unspecified atom stereocenters. The van der Waals surface area contributed by atoms with Crippen LogP contribution in [0.3, 0.4) is 0 Å². The van der Waals surface area contributed by atoms with Crippen LogP contribution in [0.1, 0.15) is 17.3 Å². The Kier molecular flexibility index (Phi) is 6.32. The van der Waals surface area contributed by atoms with Crippen LogP contribution in [0.15, 0.2) is 18.2 Å². The highest BCUT2D eigenvalue weighted by atomic mass is 16.2. The third-order valence-corrected chi connectivity index (χ3v) is 2.75. The molecule has 0 fully saturated rings. The summed E-state index contributed by atoms with van der Waals surface area (Å²) in [5.41, 5.74) is 7.50. The van der Waals surface area contributed by atoms with Crippen molar-refractivity contribution in [1.29, 1.82) is 0 Å². The van der Waals surface area contributed by atoms with Gasteiger partial charge in [0.25, 0.3) is 5.91 Å². The third-order valence-electron chi connectivity index (χ3n) is 2.75. The van der Waals surface area contributed by atoms with E-state index in [1.54, 1.807) is 32.3 Å². The molecule has 0 atom stereocenters. The molecule has 1 aromatic rings. The number of benzene rings is 1. The minimum atomic E-state index is -0.159. The summed E-state index contributed by atoms with van der Waals surface area (Å²) < 4.78 is 0. The summed E-state index contributed by atoms with van der Waals surface area (Å²) in [5.74, 6) is -0.155. The molecule has 0 aliphatic heterocycles. The maximum Gasteiger partial charge on any atom is 0.316 e. The number of urea groups is 1. The van der Waals surface area contributed by atoms with Gasteiger partial charge in [-0.25, -0.2) is 4.79 Å². The molecule has 3 amide bonds. The molecule has 0 aliphatic rings. The van der Waals surface area contributed by atoms with Crippen molar-refractivity contribution in [2.75, 3.05) is 44.8 Å². The SMILES string of the molecule is CCNC(=O)c1ccc(N)cc1NCCNC(=O)N(C)C. The number of carbonyl (C=O) groups excluding carboxylic acids is 2. The third kappa shape index (κ3) is 5.21. The van der Waals surface area contributed by atoms with Crippen LogP contribution >= 0.6 is 0 Å². The topological polar surface area (TPSA) is 99.5 Å². The molecule has 7 heteroatoms. The fourth-order valence-electron chi connectivity index (χ4n) is 1.69. The molecule has 0 aromatic heterocycles. The van der Waals surface area contributed by atoms with Crippen molar-refractivity contribution in [3.8, 4) is 0 Å². The zero-order valence-corrected chi connectivity index (χ0v) is 12.7. The largest absolute Gasteiger partial charge is 0.399 e. The quantitative estimate of drug-likeness (QED) is 0.458. The lowest BCUT2D eigenvalue weighted by Crippen LogP contribution is -2.37. The van der Waals surface area contributed by atoms with Crippen molar-refractivity contribution in [2.24, 2.45) is 0 Å². The van der Waals surface area contributed by atoms with E-state index in [4.69, 9.17) is 5.73 Å². The number of rotatable bonds is 6. The summed E-state index contributed by atoms with van der Waals surface area (Å²) in [6, 6.07) is 4.91. The van der Waals surface area contributed by atoms with E-state index in [2.05, 4.69) is 16.0 Å². The highest BCUT2D eigenvalue weighted by Gasteiger charge is 2.10. The smallest absolute Gasteiger partial charge is 0.316 e. The number of nitrogens with two attached hydrogens (primary N) is 1. The van der Waals surface area contributed by atoms with Gasteiger partial charge in [0.1, 0.15) is 0 Å². The Morgan fingerprint density at radius 2 is 1.90 bits per heavy atom. The van der Waals surface area contributed by atoms with Gasteiger partial charge in [-0.05, 0) is 25.1 Å². The van der Waals surface area contributed by atoms with Crippen molar-refractivity contribution < 1.29 is 9.59 Å². The van der Waals surface area contributed by atoms with Gasteiger partial charge in [0.05, 0.1) is 5.56 Å². The molecule has 7 nitrogen and oxygen atoms in total. The van der Waals surface area contributed by atoms with Crippen LogP contribution in [0.4, 0.5) is 16.2 Å². The number of anilines is 2. The number of amides is 3. The molecular formula is C14H23N5O2. The first-order valence-corrected chi connectivity index (χ1v) is 6.82. The van der Waals surface area contributed by atoms with Crippen molar-refractivity contribution in [3.05, 3.63) is 23.8 Å². The van der Waals surface area contributed by atoms with Crippen LogP contribution in [-0.2, 0) is 0 Å². The standard InChI is InChI=1S/C14H23N5O2/c1-4-16-13(20)11-6-5-10(15)9-12(11)17-7-8-18-14(21)19(2)3/h5-6,9,17H,4,7-8,15H2,1-3H3,(H,16,20)(H,18,21). The molecule has 1 aromatic carbocycles. The lowest BCUT2D eigenvalue weighted by atomic mass is 10.1. The van der Waals surface area contributed by atoms with E-state index in [0.29, 0.717) is 36.6 Å². The molecule has 0 radical (unpaired) electrons. The lowest BCUT2D eigenvalue weighted by molar-refractivity contribution is 0.0956. The molecule has 0 heterocycles. The van der Waals surface area contributed by atoms with Gasteiger partial charge in [-0.2, -0.15) is 0 Å². The second-order valence-corrected chi connectivity index (χ2v) is 4.72. The van der Waals surface area contributed by atoms with E-state index in [9.17, 15) is 9.59 Å². The summed E-state index contributed by atoms with van der Waals surface area (Å²) in [6.07, 6.45) is 0. The Morgan fingerprint density at radius 1 is 1.19 bits per heavy atom. The fourth-order valence-corrected chi connectivity index (χ4v) is 1.69. The highest BCUT2D eigenvalue weighted by Crippen LogP contribution is 2.18. The zero-order chi connectivity index (χ0) is 15.8. The minimum absolute atomic E-state index is 0.155. The monoisotopic (exact) mass is 293 g/mol. The Balaban J connectivity index is 2.63. The molecule has 0 spiro atoms. The van der Waals surface area contributed by atoms with E-state index in [-0.39, 0.29) is 11.9 Å². The normalized spacial score (nSPS) is 9.86. The van der Waals surface area contributed by atoms with Gasteiger partial charge in [-0.15, -0.1) is 0 Å². The summed E-state index contributed by atoms with van der Waals surface area (Å²) in [7, 11) is 3.35. The summed E-state index contributed by atoms with van der Waals surface area (Å²) in [4.78, 5) is 24.8. The maximum atomic E-state index is 11.9. The van der Waals surface area contributed by atoms with Crippen molar-refractivity contribution >= 4 is 23.3 Å². The Bertz CT molecular complexity index is 502. The Labute approximate surface area is 124 Å². The van der Waals surface area contributed by atoms with E-state index < -0.39 is 0 Å². The van der Waals surface area contributed by atoms with Crippen LogP contribution in [0.5, 0.6) is 0 Å². The van der Waals surface area contributed by atoms with Crippen molar-refractivity contribution in [1.82, 2.24) is 15.5 Å². The van der Waals surface area contributed by atoms with E-state index in [1.165, 1.54) is 4.90 Å². The first kappa shape index (κ1) is 16.6. The van der Waals surface area contributed by atoms with Gasteiger partial charge in [0.15, 0.2) is 0 Å². The second kappa shape index (κ2) is 7.98. The Hall–Kier alpha value is -2.44. The second-order valence-electron chi connectivity index (χ2n) is 4.72. The predicted molar refractivity (Wildman–Crippen MR) is 84.4 cm³/mol. The molecule has 0 saturated heterocycles. The molecule has 21 heavy (non-hydrogen) atoms. The van der Waals surface area contributed by atoms with Crippen molar-refractivity contribution in [3.63, 3.8) is 0 Å². The van der Waals surface area contributed by atoms with Gasteiger partial charge < -0.3 is 26.6 Å². The molecule has 0 aliphatic carbocycles. The number of nitrogens with zero attached hydrogens (tertiary/aromatic N) is 1. The molecule has 1 rings (SSSR count). The summed E-state index contributed by atoms with van der Waals surface area (Å²) in [5, 5.41) is 8.60. The van der Waals surface area contributed by atoms with E-state index in [1.807, 2.05) is 6.92 Å². The number of carbonyl (C=O) groups is 2. The van der Waals surface area contributed by atoms with Gasteiger partial charge >= 0.3 is 6.03 Å². The first-order chi connectivity index (χ1) is 9.95. The number of hydrogen-bond acceptors (Lipinski definition) is 4. The van der Waals surface area contributed by atoms with Crippen LogP contribution in [0.25, 0.3) is 0 Å². The molecule has 0 bridgehead atoms. The molecule has 116 valence electrons. The van der Waals surface area contributed by atoms with Crippen LogP contribution in [0.2, 0.25) is 0 Å². The van der Waals surface area contributed by atoms with E-state index >= 15 is 0 Å². The first-order valence-electron chi connectivity index (χ1n) is 6.82. The zero-order valence-electron chi connectivity index (χ0n) is 12.7. The Morgan fingerprint density at radius 3 is 2.52 bits per heavy atom. The van der Waals surface area contributed by atoms with Gasteiger partial charge in [-0.3, -0.25) is 4.79 Å². The predicted octanol–water partition coefficient (Wildman–Crippen LogP) is 0.702. The van der Waals surface area contributed by atoms with Gasteiger partial charge in [0, 0.05) is 45.1 Å².